The zero-order valence-electron chi connectivity index (χ0n) is 10.8. The normalized spacial score (nSPS) is 21.8. The van der Waals surface area contributed by atoms with E-state index < -0.39 is 0 Å². The molecule has 1 atom stereocenters. The average Bonchev–Trinajstić information content (AvgIpc) is 2.48. The third-order valence-corrected chi connectivity index (χ3v) is 4.43. The standard InChI is InChI=1S/C13H15N5OS/c14-11(15)8-2-1-3-9(6-8)12-16-17-13(19)10-7-20-5-4-18(10)12/h1-3,6,10H,4-5,7H2,(H3,14,15)(H,17,19). The van der Waals surface area contributed by atoms with Gasteiger partial charge in [-0.25, -0.2) is 5.43 Å². The van der Waals surface area contributed by atoms with Crippen LogP contribution >= 0.6 is 11.8 Å². The van der Waals surface area contributed by atoms with Crippen LogP contribution < -0.4 is 11.2 Å². The second-order valence-corrected chi connectivity index (χ2v) is 5.84. The molecule has 7 heteroatoms. The van der Waals surface area contributed by atoms with Gasteiger partial charge in [0.1, 0.15) is 11.9 Å². The number of fused-ring (bicyclic) bond motifs is 1. The minimum Gasteiger partial charge on any atom is -0.384 e. The lowest BCUT2D eigenvalue weighted by Gasteiger charge is -2.38. The van der Waals surface area contributed by atoms with Crippen molar-refractivity contribution in [2.24, 2.45) is 10.8 Å². The summed E-state index contributed by atoms with van der Waals surface area (Å²) in [4.78, 5) is 13.9. The van der Waals surface area contributed by atoms with Gasteiger partial charge in [0.2, 0.25) is 0 Å². The van der Waals surface area contributed by atoms with E-state index in [4.69, 9.17) is 11.1 Å². The Balaban J connectivity index is 1.98. The summed E-state index contributed by atoms with van der Waals surface area (Å²) in [7, 11) is 0. The molecule has 3 rings (SSSR count). The van der Waals surface area contributed by atoms with E-state index in [9.17, 15) is 4.79 Å². The number of nitrogens with two attached hydrogens (primary N) is 1. The largest absolute Gasteiger partial charge is 0.384 e. The quantitative estimate of drug-likeness (QED) is 0.534. The summed E-state index contributed by atoms with van der Waals surface area (Å²) in [6, 6.07) is 7.22. The Hall–Kier alpha value is -2.02. The third kappa shape index (κ3) is 2.24. The van der Waals surface area contributed by atoms with Gasteiger partial charge in [-0.1, -0.05) is 18.2 Å². The molecule has 2 aliphatic heterocycles. The molecular formula is C13H15N5OS. The average molecular weight is 289 g/mol. The second-order valence-electron chi connectivity index (χ2n) is 4.69. The van der Waals surface area contributed by atoms with Gasteiger partial charge in [0.05, 0.1) is 0 Å². The highest BCUT2D eigenvalue weighted by Crippen LogP contribution is 2.22. The summed E-state index contributed by atoms with van der Waals surface area (Å²) >= 11 is 1.78. The number of amides is 1. The Bertz CT molecular complexity index is 600. The molecule has 4 N–H and O–H groups in total. The van der Waals surface area contributed by atoms with E-state index in [0.717, 1.165) is 29.4 Å². The third-order valence-electron chi connectivity index (χ3n) is 3.41. The number of hydrogen-bond acceptors (Lipinski definition) is 5. The molecule has 20 heavy (non-hydrogen) atoms. The Morgan fingerprint density at radius 3 is 3.20 bits per heavy atom. The Kier molecular flexibility index (Phi) is 3.35. The molecule has 1 aromatic rings. The Morgan fingerprint density at radius 2 is 2.40 bits per heavy atom. The molecule has 1 saturated heterocycles. The first-order valence-corrected chi connectivity index (χ1v) is 7.49. The number of thioether (sulfide) groups is 1. The predicted octanol–water partition coefficient (Wildman–Crippen LogP) is 0.179. The van der Waals surface area contributed by atoms with E-state index in [1.807, 2.05) is 23.1 Å². The van der Waals surface area contributed by atoms with E-state index in [1.54, 1.807) is 17.8 Å². The lowest BCUT2D eigenvalue weighted by atomic mass is 10.1. The van der Waals surface area contributed by atoms with Gasteiger partial charge < -0.3 is 10.6 Å². The van der Waals surface area contributed by atoms with Crippen molar-refractivity contribution in [3.63, 3.8) is 0 Å². The fourth-order valence-corrected chi connectivity index (χ4v) is 3.42. The van der Waals surface area contributed by atoms with Crippen LogP contribution in [0.4, 0.5) is 0 Å². The maximum atomic E-state index is 11.9. The number of hydrogen-bond donors (Lipinski definition) is 3. The summed E-state index contributed by atoms with van der Waals surface area (Å²) < 4.78 is 0. The van der Waals surface area contributed by atoms with Crippen LogP contribution in [0.1, 0.15) is 11.1 Å². The molecule has 1 amide bonds. The Labute approximate surface area is 120 Å². The highest BCUT2D eigenvalue weighted by molar-refractivity contribution is 7.99. The number of nitrogen functional groups attached to an aromatic ring is 1. The monoisotopic (exact) mass is 289 g/mol. The number of carbonyl (C=O) groups is 1. The van der Waals surface area contributed by atoms with E-state index >= 15 is 0 Å². The van der Waals surface area contributed by atoms with Gasteiger partial charge in [0.25, 0.3) is 5.91 Å². The molecule has 0 radical (unpaired) electrons. The van der Waals surface area contributed by atoms with Crippen molar-refractivity contribution in [3.05, 3.63) is 35.4 Å². The minimum absolute atomic E-state index is 0.0260. The van der Waals surface area contributed by atoms with Crippen LogP contribution in [0.3, 0.4) is 0 Å². The topological polar surface area (TPSA) is 94.6 Å². The molecule has 0 aliphatic carbocycles. The van der Waals surface area contributed by atoms with Crippen LogP contribution in [-0.4, -0.2) is 46.6 Å². The first kappa shape index (κ1) is 13.0. The van der Waals surface area contributed by atoms with Crippen LogP contribution in [0.2, 0.25) is 0 Å². The molecule has 6 nitrogen and oxygen atoms in total. The lowest BCUT2D eigenvalue weighted by molar-refractivity contribution is -0.125. The summed E-state index contributed by atoms with van der Waals surface area (Å²) in [6.45, 7) is 0.798. The van der Waals surface area contributed by atoms with Gasteiger partial charge in [0.15, 0.2) is 5.84 Å². The number of nitrogens with one attached hydrogen (secondary N) is 2. The second kappa shape index (κ2) is 5.16. The van der Waals surface area contributed by atoms with E-state index in [-0.39, 0.29) is 17.8 Å². The molecule has 2 heterocycles. The number of carbonyl (C=O) groups excluding carboxylic acids is 1. The molecular weight excluding hydrogens is 274 g/mol. The van der Waals surface area contributed by atoms with Gasteiger partial charge in [-0.05, 0) is 6.07 Å². The van der Waals surface area contributed by atoms with Crippen molar-refractivity contribution in [1.29, 1.82) is 5.41 Å². The van der Waals surface area contributed by atoms with Gasteiger partial charge >= 0.3 is 0 Å². The number of hydrazone groups is 1. The maximum Gasteiger partial charge on any atom is 0.263 e. The van der Waals surface area contributed by atoms with Crippen LogP contribution in [-0.2, 0) is 4.79 Å². The highest BCUT2D eigenvalue weighted by atomic mass is 32.2. The van der Waals surface area contributed by atoms with Crippen LogP contribution in [0, 0.1) is 5.41 Å². The van der Waals surface area contributed by atoms with Crippen molar-refractivity contribution in [2.75, 3.05) is 18.1 Å². The van der Waals surface area contributed by atoms with Crippen molar-refractivity contribution in [1.82, 2.24) is 10.3 Å². The fourth-order valence-electron chi connectivity index (χ4n) is 2.38. The van der Waals surface area contributed by atoms with Gasteiger partial charge in [-0.15, -0.1) is 0 Å². The summed E-state index contributed by atoms with van der Waals surface area (Å²) in [5.74, 6) is 2.48. The van der Waals surface area contributed by atoms with E-state index in [1.165, 1.54) is 0 Å². The molecule has 0 spiro atoms. The SMILES string of the molecule is N=C(N)c1cccc(C2=NNC(=O)C3CSCCN23)c1. The van der Waals surface area contributed by atoms with Gasteiger partial charge in [-0.2, -0.15) is 16.9 Å². The van der Waals surface area contributed by atoms with Crippen LogP contribution in [0.5, 0.6) is 0 Å². The molecule has 0 aromatic heterocycles. The molecule has 1 fully saturated rings. The van der Waals surface area contributed by atoms with Crippen LogP contribution in [0.25, 0.3) is 0 Å². The first-order chi connectivity index (χ1) is 9.66. The van der Waals surface area contributed by atoms with Gasteiger partial charge in [-0.3, -0.25) is 10.2 Å². The number of rotatable bonds is 2. The smallest absolute Gasteiger partial charge is 0.263 e. The predicted molar refractivity (Wildman–Crippen MR) is 80.0 cm³/mol. The number of benzene rings is 1. The molecule has 0 bridgehead atoms. The Morgan fingerprint density at radius 1 is 1.55 bits per heavy atom. The summed E-state index contributed by atoms with van der Waals surface area (Å²) in [5, 5.41) is 11.7. The molecule has 1 unspecified atom stereocenters. The zero-order chi connectivity index (χ0) is 14.1. The van der Waals surface area contributed by atoms with Crippen molar-refractivity contribution in [2.45, 2.75) is 6.04 Å². The van der Waals surface area contributed by atoms with Crippen molar-refractivity contribution < 1.29 is 4.79 Å². The lowest BCUT2D eigenvalue weighted by Crippen LogP contribution is -2.57. The highest BCUT2D eigenvalue weighted by Gasteiger charge is 2.35. The van der Waals surface area contributed by atoms with Crippen LogP contribution in [0.15, 0.2) is 29.4 Å². The van der Waals surface area contributed by atoms with Crippen molar-refractivity contribution >= 4 is 29.3 Å². The number of nitrogens with zero attached hydrogens (tertiary/aromatic N) is 2. The fraction of sp³-hybridized carbons (Fsp3) is 0.308. The maximum absolute atomic E-state index is 11.9. The summed E-state index contributed by atoms with van der Waals surface area (Å²) in [5.41, 5.74) is 9.64. The van der Waals surface area contributed by atoms with Gasteiger partial charge in [0, 0.05) is 29.2 Å². The molecule has 104 valence electrons. The zero-order valence-corrected chi connectivity index (χ0v) is 11.6. The van der Waals surface area contributed by atoms with E-state index in [2.05, 4.69) is 10.5 Å². The van der Waals surface area contributed by atoms with E-state index in [0.29, 0.717) is 5.56 Å². The molecule has 1 aromatic carbocycles. The van der Waals surface area contributed by atoms with Crippen molar-refractivity contribution in [3.8, 4) is 0 Å². The summed E-state index contributed by atoms with van der Waals surface area (Å²) in [6.07, 6.45) is 0. The first-order valence-electron chi connectivity index (χ1n) is 6.33. The minimum atomic E-state index is -0.165. The number of amidine groups is 2. The molecule has 0 saturated carbocycles. The molecule has 2 aliphatic rings.